The fraction of sp³-hybridized carbons (Fsp3) is 0.333. The molecule has 0 saturated carbocycles. The Kier molecular flexibility index (Phi) is 5.45. The molecule has 0 spiro atoms. The predicted molar refractivity (Wildman–Crippen MR) is 107 cm³/mol. The Morgan fingerprint density at radius 2 is 1.82 bits per heavy atom. The number of morpholine rings is 1. The summed E-state index contributed by atoms with van der Waals surface area (Å²) < 4.78 is 10.6. The van der Waals surface area contributed by atoms with Gasteiger partial charge in [0.15, 0.2) is 0 Å². The van der Waals surface area contributed by atoms with E-state index in [2.05, 4.69) is 0 Å². The zero-order valence-electron chi connectivity index (χ0n) is 15.7. The van der Waals surface area contributed by atoms with Crippen LogP contribution in [-0.2, 0) is 20.7 Å². The molecular formula is C21H22N2O4S. The largest absolute Gasteiger partial charge is 0.497 e. The Morgan fingerprint density at radius 1 is 1.07 bits per heavy atom. The molecule has 6 nitrogen and oxygen atoms in total. The molecular weight excluding hydrogens is 376 g/mol. The minimum absolute atomic E-state index is 0.205. The Hall–Kier alpha value is -2.64. The first kappa shape index (κ1) is 18.7. The third-order valence-electron chi connectivity index (χ3n) is 5.02. The zero-order chi connectivity index (χ0) is 19.5. The van der Waals surface area contributed by atoms with Gasteiger partial charge in [-0.05, 0) is 35.6 Å². The highest BCUT2D eigenvalue weighted by Crippen LogP contribution is 2.34. The van der Waals surface area contributed by atoms with Crippen molar-refractivity contribution in [3.8, 4) is 5.75 Å². The molecule has 2 aromatic rings. The summed E-state index contributed by atoms with van der Waals surface area (Å²) >= 11 is 1.48. The summed E-state index contributed by atoms with van der Waals surface area (Å²) in [6.07, 6.45) is 0.607. The second-order valence-corrected chi connectivity index (χ2v) is 7.61. The van der Waals surface area contributed by atoms with Gasteiger partial charge in [0, 0.05) is 24.5 Å². The van der Waals surface area contributed by atoms with Gasteiger partial charge in [-0.1, -0.05) is 18.2 Å². The normalized spacial score (nSPS) is 17.6. The van der Waals surface area contributed by atoms with Gasteiger partial charge in [-0.3, -0.25) is 14.5 Å². The topological polar surface area (TPSA) is 59.1 Å². The smallest absolute Gasteiger partial charge is 0.277 e. The summed E-state index contributed by atoms with van der Waals surface area (Å²) in [7, 11) is 1.63. The van der Waals surface area contributed by atoms with E-state index < -0.39 is 0 Å². The van der Waals surface area contributed by atoms with Gasteiger partial charge in [-0.25, -0.2) is 0 Å². The summed E-state index contributed by atoms with van der Waals surface area (Å²) in [5, 5.41) is 1.93. The van der Waals surface area contributed by atoms with Crippen LogP contribution in [0.3, 0.4) is 0 Å². The van der Waals surface area contributed by atoms with E-state index in [0.717, 1.165) is 16.2 Å². The molecule has 0 atom stereocenters. The van der Waals surface area contributed by atoms with E-state index >= 15 is 0 Å². The van der Waals surface area contributed by atoms with Crippen LogP contribution >= 0.6 is 11.3 Å². The van der Waals surface area contributed by atoms with Crippen molar-refractivity contribution in [2.24, 2.45) is 0 Å². The molecule has 0 bridgehead atoms. The van der Waals surface area contributed by atoms with Crippen molar-refractivity contribution in [3.05, 3.63) is 57.9 Å². The first-order chi connectivity index (χ1) is 13.7. The highest BCUT2D eigenvalue weighted by Gasteiger charge is 2.41. The third-order valence-corrected chi connectivity index (χ3v) is 5.91. The molecule has 2 amide bonds. The number of hydrogen-bond donors (Lipinski definition) is 0. The number of methoxy groups -OCH3 is 1. The molecule has 7 heteroatoms. The number of nitrogens with zero attached hydrogens (tertiary/aromatic N) is 2. The second-order valence-electron chi connectivity index (χ2n) is 6.66. The minimum Gasteiger partial charge on any atom is -0.497 e. The fourth-order valence-corrected chi connectivity index (χ4v) is 4.29. The first-order valence-corrected chi connectivity index (χ1v) is 10.2. The number of amides is 2. The molecule has 2 aliphatic heterocycles. The molecule has 0 radical (unpaired) electrons. The lowest BCUT2D eigenvalue weighted by Gasteiger charge is -2.29. The Balaban J connectivity index is 1.57. The number of hydrogen-bond acceptors (Lipinski definition) is 6. The maximum absolute atomic E-state index is 13.2. The molecule has 0 aliphatic carbocycles. The van der Waals surface area contributed by atoms with E-state index in [1.165, 1.54) is 16.2 Å². The van der Waals surface area contributed by atoms with Crippen LogP contribution in [0.4, 0.5) is 0 Å². The zero-order valence-corrected chi connectivity index (χ0v) is 16.5. The molecule has 0 N–H and O–H groups in total. The molecule has 1 aromatic carbocycles. The number of imide groups is 1. The first-order valence-electron chi connectivity index (χ1n) is 9.29. The molecule has 1 aromatic heterocycles. The summed E-state index contributed by atoms with van der Waals surface area (Å²) in [6, 6.07) is 11.5. The maximum Gasteiger partial charge on any atom is 0.277 e. The number of benzene rings is 1. The van der Waals surface area contributed by atoms with Crippen molar-refractivity contribution in [1.29, 1.82) is 0 Å². The average Bonchev–Trinajstić information content (AvgIpc) is 3.34. The molecule has 3 heterocycles. The van der Waals surface area contributed by atoms with E-state index in [-0.39, 0.29) is 11.8 Å². The summed E-state index contributed by atoms with van der Waals surface area (Å²) in [5.41, 5.74) is 2.10. The monoisotopic (exact) mass is 398 g/mol. The van der Waals surface area contributed by atoms with Crippen LogP contribution in [0.25, 0.3) is 5.57 Å². The van der Waals surface area contributed by atoms with Crippen LogP contribution in [0, 0.1) is 0 Å². The average molecular weight is 398 g/mol. The molecule has 4 rings (SSSR count). The second kappa shape index (κ2) is 8.16. The van der Waals surface area contributed by atoms with Gasteiger partial charge in [0.25, 0.3) is 11.8 Å². The van der Waals surface area contributed by atoms with E-state index in [1.54, 1.807) is 7.11 Å². The van der Waals surface area contributed by atoms with Gasteiger partial charge in [-0.2, -0.15) is 0 Å². The van der Waals surface area contributed by atoms with Crippen LogP contribution in [0.1, 0.15) is 10.4 Å². The van der Waals surface area contributed by atoms with Gasteiger partial charge in [0.2, 0.25) is 0 Å². The van der Waals surface area contributed by atoms with Crippen LogP contribution in [0.2, 0.25) is 0 Å². The molecule has 1 fully saturated rings. The standard InChI is InChI=1S/C21H22N2O4S/c1-26-16-6-4-15(5-7-16)8-9-23-20(24)18(17-3-2-14-28-17)19(21(23)25)22-10-12-27-13-11-22/h2-7,14H,8-13H2,1H3. The third kappa shape index (κ3) is 3.55. The van der Waals surface area contributed by atoms with Gasteiger partial charge >= 0.3 is 0 Å². The van der Waals surface area contributed by atoms with E-state index in [1.807, 2.05) is 46.7 Å². The SMILES string of the molecule is COc1ccc(CCN2C(=O)C(c3cccs3)=C(N3CCOCC3)C2=O)cc1. The van der Waals surface area contributed by atoms with Gasteiger partial charge < -0.3 is 14.4 Å². The summed E-state index contributed by atoms with van der Waals surface area (Å²) in [5.74, 6) is 0.375. The number of carbonyl (C=O) groups is 2. The van der Waals surface area contributed by atoms with Crippen LogP contribution in [0.15, 0.2) is 47.5 Å². The fourth-order valence-electron chi connectivity index (χ4n) is 3.52. The highest BCUT2D eigenvalue weighted by molar-refractivity contribution is 7.11. The highest BCUT2D eigenvalue weighted by atomic mass is 32.1. The number of carbonyl (C=O) groups excluding carboxylic acids is 2. The van der Waals surface area contributed by atoms with Crippen LogP contribution < -0.4 is 4.74 Å². The quantitative estimate of drug-likeness (QED) is 0.700. The lowest BCUT2D eigenvalue weighted by atomic mass is 10.1. The summed E-state index contributed by atoms with van der Waals surface area (Å²) in [6.45, 7) is 2.72. The van der Waals surface area contributed by atoms with Gasteiger partial charge in [0.05, 0.1) is 25.9 Å². The molecule has 146 valence electrons. The molecule has 28 heavy (non-hydrogen) atoms. The lowest BCUT2D eigenvalue weighted by Crippen LogP contribution is -2.40. The molecule has 2 aliphatic rings. The summed E-state index contributed by atoms with van der Waals surface area (Å²) in [4.78, 5) is 30.6. The van der Waals surface area contributed by atoms with Crippen molar-refractivity contribution < 1.29 is 19.1 Å². The van der Waals surface area contributed by atoms with E-state index in [0.29, 0.717) is 50.5 Å². The Morgan fingerprint density at radius 3 is 2.46 bits per heavy atom. The van der Waals surface area contributed by atoms with Crippen molar-refractivity contribution in [1.82, 2.24) is 9.80 Å². The Bertz CT molecular complexity index is 884. The molecule has 1 saturated heterocycles. The van der Waals surface area contributed by atoms with E-state index in [4.69, 9.17) is 9.47 Å². The van der Waals surface area contributed by atoms with Gasteiger partial charge in [-0.15, -0.1) is 11.3 Å². The van der Waals surface area contributed by atoms with E-state index in [9.17, 15) is 9.59 Å². The Labute approximate surface area is 168 Å². The minimum atomic E-state index is -0.206. The van der Waals surface area contributed by atoms with Gasteiger partial charge in [0.1, 0.15) is 11.4 Å². The number of thiophene rings is 1. The maximum atomic E-state index is 13.2. The predicted octanol–water partition coefficient (Wildman–Crippen LogP) is 2.41. The van der Waals surface area contributed by atoms with Crippen molar-refractivity contribution in [3.63, 3.8) is 0 Å². The van der Waals surface area contributed by atoms with Crippen molar-refractivity contribution in [2.75, 3.05) is 40.0 Å². The van der Waals surface area contributed by atoms with Crippen molar-refractivity contribution >= 4 is 28.7 Å². The molecule has 0 unspecified atom stereocenters. The number of rotatable bonds is 6. The van der Waals surface area contributed by atoms with Crippen LogP contribution in [-0.4, -0.2) is 61.6 Å². The van der Waals surface area contributed by atoms with Crippen LogP contribution in [0.5, 0.6) is 5.75 Å². The van der Waals surface area contributed by atoms with Crippen molar-refractivity contribution in [2.45, 2.75) is 6.42 Å². The number of ether oxygens (including phenoxy) is 2. The lowest BCUT2D eigenvalue weighted by molar-refractivity contribution is -0.137.